The van der Waals surface area contributed by atoms with Crippen LogP contribution in [0.4, 0.5) is 0 Å². The van der Waals surface area contributed by atoms with Gasteiger partial charge in [-0.05, 0) is 6.42 Å². The number of hydrogen-bond donors (Lipinski definition) is 0. The minimum Gasteiger partial charge on any atom is -0.297 e. The summed E-state index contributed by atoms with van der Waals surface area (Å²) in [4.78, 5) is 31.7. The molecule has 0 aliphatic rings. The molecular weight excluding hydrogens is 344 g/mol. The zero-order valence-electron chi connectivity index (χ0n) is 17.3. The van der Waals surface area contributed by atoms with Crippen molar-refractivity contribution in [2.45, 2.75) is 96.2 Å². The maximum Gasteiger partial charge on any atom is 0.288 e. The Hall–Kier alpha value is -1.01. The third-order valence-electron chi connectivity index (χ3n) is 4.33. The average molecular weight is 385 g/mol. The van der Waals surface area contributed by atoms with Crippen LogP contribution in [0.3, 0.4) is 0 Å². The molecule has 0 radical (unpaired) electrons. The summed E-state index contributed by atoms with van der Waals surface area (Å²) in [6.07, 6.45) is 19.0. The van der Waals surface area contributed by atoms with Crippen molar-refractivity contribution >= 4 is 6.29 Å². The van der Waals surface area contributed by atoms with E-state index >= 15 is 0 Å². The lowest BCUT2D eigenvalue weighted by atomic mass is 10.0. The molecule has 0 saturated carbocycles. The molecule has 0 N–H and O–H groups in total. The van der Waals surface area contributed by atoms with Gasteiger partial charge >= 0.3 is 0 Å². The number of aldehydes is 1. The third kappa shape index (κ3) is 15.7. The molecule has 0 heterocycles. The average Bonchev–Trinajstić information content (AvgIpc) is 2.68. The summed E-state index contributed by atoms with van der Waals surface area (Å²) in [6.45, 7) is 9.66. The Kier molecular flexibility index (Phi) is 19.0. The second kappa shape index (κ2) is 19.7. The highest BCUT2D eigenvalue weighted by molar-refractivity contribution is 5.59. The summed E-state index contributed by atoms with van der Waals surface area (Å²) in [5.41, 5.74) is 0. The van der Waals surface area contributed by atoms with E-state index in [-0.39, 0.29) is 13.2 Å². The van der Waals surface area contributed by atoms with Crippen LogP contribution in [0, 0.1) is 0 Å². The first kappa shape index (κ1) is 26.0. The Morgan fingerprint density at radius 2 is 1.11 bits per heavy atom. The summed E-state index contributed by atoms with van der Waals surface area (Å²) in [6, 6.07) is 0. The Morgan fingerprint density at radius 1 is 0.704 bits per heavy atom. The van der Waals surface area contributed by atoms with E-state index in [0.717, 1.165) is 19.3 Å². The zero-order valence-corrected chi connectivity index (χ0v) is 17.3. The van der Waals surface area contributed by atoms with Gasteiger partial charge in [0.1, 0.15) is 13.2 Å². The van der Waals surface area contributed by atoms with Gasteiger partial charge in [0, 0.05) is 6.42 Å². The van der Waals surface area contributed by atoms with E-state index in [4.69, 9.17) is 19.6 Å². The van der Waals surface area contributed by atoms with Gasteiger partial charge in [-0.2, -0.15) is 9.78 Å². The maximum absolute atomic E-state index is 11.5. The molecule has 0 unspecified atom stereocenters. The van der Waals surface area contributed by atoms with Gasteiger partial charge in [-0.3, -0.25) is 4.79 Å². The molecular formula is C22H40O5. The monoisotopic (exact) mass is 384 g/mol. The summed E-state index contributed by atoms with van der Waals surface area (Å²) < 4.78 is 0. The largest absolute Gasteiger partial charge is 0.297 e. The fourth-order valence-electron chi connectivity index (χ4n) is 2.77. The van der Waals surface area contributed by atoms with Gasteiger partial charge in [0.05, 0.1) is 0 Å². The van der Waals surface area contributed by atoms with Crippen LogP contribution in [0.1, 0.15) is 90.4 Å². The predicted octanol–water partition coefficient (Wildman–Crippen LogP) is 6.24. The fraction of sp³-hybridized carbons (Fsp3) is 0.773. The zero-order chi connectivity index (χ0) is 20.1. The van der Waals surface area contributed by atoms with Crippen LogP contribution in [-0.2, 0) is 24.3 Å². The molecule has 5 heteroatoms. The lowest BCUT2D eigenvalue weighted by molar-refractivity contribution is -0.487. The predicted molar refractivity (Wildman–Crippen MR) is 109 cm³/mol. The standard InChI is InChI=1S/C22H40O5/c1-4-7-8-9-10-11-12-13-14-15-16-17-18-22(21-23,26-24-19-5-2)27-25-20-6-3/h5-6,21H,2-4,7-20H2,1H3. The van der Waals surface area contributed by atoms with E-state index in [1.54, 1.807) is 0 Å². The van der Waals surface area contributed by atoms with Crippen molar-refractivity contribution in [2.24, 2.45) is 0 Å². The molecule has 5 nitrogen and oxygen atoms in total. The van der Waals surface area contributed by atoms with Crippen LogP contribution in [0.25, 0.3) is 0 Å². The molecule has 0 atom stereocenters. The Morgan fingerprint density at radius 3 is 1.48 bits per heavy atom. The highest BCUT2D eigenvalue weighted by Gasteiger charge is 2.35. The van der Waals surface area contributed by atoms with Crippen LogP contribution in [-0.4, -0.2) is 25.3 Å². The Bertz CT molecular complexity index is 343. The highest BCUT2D eigenvalue weighted by atomic mass is 17.3. The molecule has 0 fully saturated rings. The lowest BCUT2D eigenvalue weighted by Gasteiger charge is -2.24. The topological polar surface area (TPSA) is 54.0 Å². The van der Waals surface area contributed by atoms with Crippen molar-refractivity contribution in [3.8, 4) is 0 Å². The van der Waals surface area contributed by atoms with E-state index in [2.05, 4.69) is 20.1 Å². The molecule has 0 saturated heterocycles. The fourth-order valence-corrected chi connectivity index (χ4v) is 2.77. The molecule has 0 aromatic heterocycles. The number of unbranched alkanes of at least 4 members (excludes halogenated alkanes) is 11. The van der Waals surface area contributed by atoms with Crippen LogP contribution in [0.2, 0.25) is 0 Å². The second-order valence-corrected chi connectivity index (χ2v) is 6.88. The first-order valence-electron chi connectivity index (χ1n) is 10.5. The number of rotatable bonds is 22. The van der Waals surface area contributed by atoms with Crippen LogP contribution in [0.15, 0.2) is 25.3 Å². The molecule has 0 aliphatic heterocycles. The van der Waals surface area contributed by atoms with Crippen molar-refractivity contribution in [2.75, 3.05) is 13.2 Å². The Labute approximate surface area is 165 Å². The molecule has 0 aliphatic carbocycles. The summed E-state index contributed by atoms with van der Waals surface area (Å²) in [7, 11) is 0. The number of carbonyl (C=O) groups is 1. The summed E-state index contributed by atoms with van der Waals surface area (Å²) in [5, 5.41) is 0. The minimum absolute atomic E-state index is 0.166. The van der Waals surface area contributed by atoms with Crippen LogP contribution >= 0.6 is 0 Å². The van der Waals surface area contributed by atoms with Crippen LogP contribution < -0.4 is 0 Å². The van der Waals surface area contributed by atoms with Crippen molar-refractivity contribution in [1.29, 1.82) is 0 Å². The molecule has 0 aromatic carbocycles. The minimum atomic E-state index is -1.54. The SMILES string of the molecule is C=CCOOC(C=O)(CCCCCCCCCCCCCC)OOCC=C. The Balaban J connectivity index is 3.85. The van der Waals surface area contributed by atoms with Gasteiger partial charge in [0.15, 0.2) is 6.29 Å². The molecule has 158 valence electrons. The molecule has 0 bridgehead atoms. The lowest BCUT2D eigenvalue weighted by Crippen LogP contribution is -2.38. The van der Waals surface area contributed by atoms with Crippen LogP contribution in [0.5, 0.6) is 0 Å². The first-order valence-corrected chi connectivity index (χ1v) is 10.5. The molecule has 27 heavy (non-hydrogen) atoms. The van der Waals surface area contributed by atoms with Crippen molar-refractivity contribution in [3.63, 3.8) is 0 Å². The third-order valence-corrected chi connectivity index (χ3v) is 4.33. The van der Waals surface area contributed by atoms with E-state index in [1.807, 2.05) is 0 Å². The van der Waals surface area contributed by atoms with Gasteiger partial charge in [-0.1, -0.05) is 89.7 Å². The van der Waals surface area contributed by atoms with E-state index in [0.29, 0.717) is 12.7 Å². The van der Waals surface area contributed by atoms with E-state index in [9.17, 15) is 4.79 Å². The van der Waals surface area contributed by atoms with Gasteiger partial charge in [-0.15, -0.1) is 13.2 Å². The summed E-state index contributed by atoms with van der Waals surface area (Å²) >= 11 is 0. The second-order valence-electron chi connectivity index (χ2n) is 6.88. The van der Waals surface area contributed by atoms with Crippen molar-refractivity contribution in [3.05, 3.63) is 25.3 Å². The maximum atomic E-state index is 11.5. The number of hydrogen-bond acceptors (Lipinski definition) is 5. The van der Waals surface area contributed by atoms with Crippen molar-refractivity contribution in [1.82, 2.24) is 0 Å². The highest BCUT2D eigenvalue weighted by Crippen LogP contribution is 2.21. The first-order chi connectivity index (χ1) is 13.2. The number of carbonyl (C=O) groups excluding carboxylic acids is 1. The van der Waals surface area contributed by atoms with E-state index in [1.165, 1.54) is 69.9 Å². The van der Waals surface area contributed by atoms with Gasteiger partial charge in [-0.25, -0.2) is 9.78 Å². The molecule has 0 aromatic rings. The van der Waals surface area contributed by atoms with Gasteiger partial charge < -0.3 is 0 Å². The molecule has 0 spiro atoms. The quantitative estimate of drug-likeness (QED) is 0.0552. The summed E-state index contributed by atoms with van der Waals surface area (Å²) in [5.74, 6) is -1.54. The normalized spacial score (nSPS) is 11.4. The van der Waals surface area contributed by atoms with Crippen molar-refractivity contribution < 1.29 is 24.3 Å². The smallest absolute Gasteiger partial charge is 0.288 e. The molecule has 0 rings (SSSR count). The van der Waals surface area contributed by atoms with Gasteiger partial charge in [0.2, 0.25) is 0 Å². The van der Waals surface area contributed by atoms with Gasteiger partial charge in [0.25, 0.3) is 5.79 Å². The van der Waals surface area contributed by atoms with E-state index < -0.39 is 5.79 Å². The molecule has 0 amide bonds.